The lowest BCUT2D eigenvalue weighted by Gasteiger charge is -2.12. The number of hydrogen-bond donors (Lipinski definition) is 1. The van der Waals surface area contributed by atoms with Crippen LogP contribution in [-0.4, -0.2) is 22.1 Å². The van der Waals surface area contributed by atoms with Crippen molar-refractivity contribution < 1.29 is 9.53 Å². The van der Waals surface area contributed by atoms with Crippen molar-refractivity contribution in [3.8, 4) is 5.75 Å². The number of para-hydroxylation sites is 2. The molecule has 0 unspecified atom stereocenters. The fourth-order valence-corrected chi connectivity index (χ4v) is 4.01. The normalized spacial score (nSPS) is 11.0. The number of halogens is 2. The van der Waals surface area contributed by atoms with E-state index in [2.05, 4.69) is 9.88 Å². The van der Waals surface area contributed by atoms with Crippen LogP contribution in [0.2, 0.25) is 10.0 Å². The highest BCUT2D eigenvalue weighted by atomic mass is 35.5. The van der Waals surface area contributed by atoms with Gasteiger partial charge in [-0.3, -0.25) is 4.79 Å². The number of ether oxygens (including phenoxy) is 1. The third-order valence-corrected chi connectivity index (χ3v) is 6.30. The molecule has 0 saturated heterocycles. The van der Waals surface area contributed by atoms with Crippen LogP contribution in [0.3, 0.4) is 0 Å². The molecule has 0 spiro atoms. The lowest BCUT2D eigenvalue weighted by Crippen LogP contribution is -2.25. The first-order chi connectivity index (χ1) is 15.9. The molecule has 0 aliphatic heterocycles. The van der Waals surface area contributed by atoms with Crippen LogP contribution in [0.5, 0.6) is 5.75 Å². The molecule has 1 heterocycles. The van der Waals surface area contributed by atoms with Crippen molar-refractivity contribution >= 4 is 40.1 Å². The van der Waals surface area contributed by atoms with E-state index in [9.17, 15) is 4.79 Å². The summed E-state index contributed by atoms with van der Waals surface area (Å²) in [6.07, 6.45) is 0.791. The number of amides is 1. The van der Waals surface area contributed by atoms with Crippen molar-refractivity contribution in [1.82, 2.24) is 14.9 Å². The van der Waals surface area contributed by atoms with E-state index in [0.29, 0.717) is 23.7 Å². The fraction of sp³-hybridized carbons (Fsp3) is 0.231. The average Bonchev–Trinajstić information content (AvgIpc) is 3.16. The number of fused-ring (bicyclic) bond motifs is 1. The molecule has 4 rings (SSSR count). The standard InChI is InChI=1S/C26H25Cl2N3O2/c1-17-14-21(15-18(2)25(17)28)33-13-5-12-31-23-7-4-3-6-22(23)30-24(31)16-29-26(32)19-8-10-20(27)11-9-19/h3-4,6-11,14-15H,5,12-13,16H2,1-2H3,(H,29,32). The fourth-order valence-electron chi connectivity index (χ4n) is 3.77. The van der Waals surface area contributed by atoms with Crippen LogP contribution in [0, 0.1) is 13.8 Å². The van der Waals surface area contributed by atoms with E-state index in [0.717, 1.165) is 51.7 Å². The maximum atomic E-state index is 12.5. The summed E-state index contributed by atoms with van der Waals surface area (Å²) in [7, 11) is 0. The number of hydrogen-bond acceptors (Lipinski definition) is 3. The van der Waals surface area contributed by atoms with Gasteiger partial charge >= 0.3 is 0 Å². The summed E-state index contributed by atoms with van der Waals surface area (Å²) in [5.41, 5.74) is 4.51. The molecule has 0 radical (unpaired) electrons. The smallest absolute Gasteiger partial charge is 0.251 e. The molecular formula is C26H25Cl2N3O2. The SMILES string of the molecule is Cc1cc(OCCCn2c(CNC(=O)c3ccc(Cl)cc3)nc3ccccc32)cc(C)c1Cl. The van der Waals surface area contributed by atoms with E-state index in [1.54, 1.807) is 24.3 Å². The minimum Gasteiger partial charge on any atom is -0.494 e. The van der Waals surface area contributed by atoms with Crippen molar-refractivity contribution in [3.63, 3.8) is 0 Å². The van der Waals surface area contributed by atoms with Crippen molar-refractivity contribution in [2.24, 2.45) is 0 Å². The number of rotatable bonds is 8. The van der Waals surface area contributed by atoms with Crippen LogP contribution in [-0.2, 0) is 13.1 Å². The van der Waals surface area contributed by atoms with Gasteiger partial charge in [0.1, 0.15) is 11.6 Å². The van der Waals surface area contributed by atoms with Crippen molar-refractivity contribution in [2.75, 3.05) is 6.61 Å². The molecule has 33 heavy (non-hydrogen) atoms. The highest BCUT2D eigenvalue weighted by Gasteiger charge is 2.13. The van der Waals surface area contributed by atoms with Gasteiger partial charge in [-0.25, -0.2) is 4.98 Å². The predicted molar refractivity (Wildman–Crippen MR) is 133 cm³/mol. The molecule has 5 nitrogen and oxygen atoms in total. The topological polar surface area (TPSA) is 56.1 Å². The first kappa shape index (κ1) is 23.1. The predicted octanol–water partition coefficient (Wildman–Crippen LogP) is 6.36. The quantitative estimate of drug-likeness (QED) is 0.298. The molecule has 170 valence electrons. The Balaban J connectivity index is 1.42. The Morgan fingerprint density at radius 3 is 2.45 bits per heavy atom. The summed E-state index contributed by atoms with van der Waals surface area (Å²) in [6, 6.07) is 18.7. The monoisotopic (exact) mass is 481 g/mol. The lowest BCUT2D eigenvalue weighted by atomic mass is 10.1. The zero-order valence-electron chi connectivity index (χ0n) is 18.6. The maximum absolute atomic E-state index is 12.5. The highest BCUT2D eigenvalue weighted by Crippen LogP contribution is 2.26. The van der Waals surface area contributed by atoms with E-state index in [1.165, 1.54) is 0 Å². The molecule has 1 aromatic heterocycles. The van der Waals surface area contributed by atoms with Crippen LogP contribution in [0.1, 0.15) is 33.7 Å². The molecule has 0 saturated carbocycles. The molecule has 0 atom stereocenters. The Morgan fingerprint density at radius 1 is 1.03 bits per heavy atom. The Labute approximate surface area is 203 Å². The van der Waals surface area contributed by atoms with Gasteiger partial charge in [0, 0.05) is 22.2 Å². The second-order valence-electron chi connectivity index (χ2n) is 7.93. The van der Waals surface area contributed by atoms with Crippen molar-refractivity contribution in [2.45, 2.75) is 33.4 Å². The number of carbonyl (C=O) groups excluding carboxylic acids is 1. The molecule has 1 amide bonds. The molecular weight excluding hydrogens is 457 g/mol. The van der Waals surface area contributed by atoms with Gasteiger partial charge in [0.05, 0.1) is 24.2 Å². The first-order valence-electron chi connectivity index (χ1n) is 10.8. The Bertz CT molecular complexity index is 1260. The van der Waals surface area contributed by atoms with E-state index >= 15 is 0 Å². The largest absolute Gasteiger partial charge is 0.494 e. The van der Waals surface area contributed by atoms with Gasteiger partial charge in [0.15, 0.2) is 0 Å². The van der Waals surface area contributed by atoms with Gasteiger partial charge in [-0.1, -0.05) is 35.3 Å². The molecule has 4 aromatic rings. The minimum absolute atomic E-state index is 0.165. The second-order valence-corrected chi connectivity index (χ2v) is 8.75. The number of imidazole rings is 1. The van der Waals surface area contributed by atoms with Crippen LogP contribution < -0.4 is 10.1 Å². The number of benzene rings is 3. The van der Waals surface area contributed by atoms with Gasteiger partial charge in [-0.2, -0.15) is 0 Å². The summed E-state index contributed by atoms with van der Waals surface area (Å²) >= 11 is 12.2. The van der Waals surface area contributed by atoms with Crippen LogP contribution in [0.4, 0.5) is 0 Å². The third kappa shape index (κ3) is 5.49. The van der Waals surface area contributed by atoms with Gasteiger partial charge < -0.3 is 14.6 Å². The summed E-state index contributed by atoms with van der Waals surface area (Å²) in [4.78, 5) is 17.3. The van der Waals surface area contributed by atoms with Gasteiger partial charge in [0.2, 0.25) is 0 Å². The van der Waals surface area contributed by atoms with Crippen molar-refractivity contribution in [1.29, 1.82) is 0 Å². The molecule has 0 fully saturated rings. The zero-order valence-corrected chi connectivity index (χ0v) is 20.1. The van der Waals surface area contributed by atoms with Crippen LogP contribution in [0.25, 0.3) is 11.0 Å². The zero-order chi connectivity index (χ0) is 23.4. The van der Waals surface area contributed by atoms with Gasteiger partial charge in [0.25, 0.3) is 5.91 Å². The third-order valence-electron chi connectivity index (χ3n) is 5.45. The van der Waals surface area contributed by atoms with Crippen LogP contribution >= 0.6 is 23.2 Å². The highest BCUT2D eigenvalue weighted by molar-refractivity contribution is 6.32. The van der Waals surface area contributed by atoms with Crippen LogP contribution in [0.15, 0.2) is 60.7 Å². The number of carbonyl (C=O) groups is 1. The molecule has 1 N–H and O–H groups in total. The van der Waals surface area contributed by atoms with Gasteiger partial charge in [-0.15, -0.1) is 0 Å². The van der Waals surface area contributed by atoms with E-state index in [1.807, 2.05) is 50.2 Å². The summed E-state index contributed by atoms with van der Waals surface area (Å²) in [5, 5.41) is 4.33. The Hall–Kier alpha value is -3.02. The maximum Gasteiger partial charge on any atom is 0.251 e. The molecule has 0 aliphatic carbocycles. The minimum atomic E-state index is -0.165. The Morgan fingerprint density at radius 2 is 1.73 bits per heavy atom. The molecule has 0 aliphatic rings. The second kappa shape index (κ2) is 10.3. The number of nitrogens with one attached hydrogen (secondary N) is 1. The molecule has 3 aromatic carbocycles. The lowest BCUT2D eigenvalue weighted by molar-refractivity contribution is 0.0949. The Kier molecular flexibility index (Phi) is 7.21. The molecule has 7 heteroatoms. The molecule has 0 bridgehead atoms. The van der Waals surface area contributed by atoms with E-state index in [4.69, 9.17) is 32.9 Å². The van der Waals surface area contributed by atoms with Gasteiger partial charge in [-0.05, 0) is 79.9 Å². The summed E-state index contributed by atoms with van der Waals surface area (Å²) < 4.78 is 8.10. The van der Waals surface area contributed by atoms with E-state index in [-0.39, 0.29) is 5.91 Å². The average molecular weight is 482 g/mol. The van der Waals surface area contributed by atoms with E-state index < -0.39 is 0 Å². The number of aryl methyl sites for hydroxylation is 3. The van der Waals surface area contributed by atoms with Crippen molar-refractivity contribution in [3.05, 3.63) is 93.2 Å². The summed E-state index contributed by atoms with van der Waals surface area (Å²) in [5.74, 6) is 1.46. The number of aromatic nitrogens is 2. The number of nitrogens with zero attached hydrogens (tertiary/aromatic N) is 2. The summed E-state index contributed by atoms with van der Waals surface area (Å²) in [6.45, 7) is 5.56. The first-order valence-corrected chi connectivity index (χ1v) is 11.6.